The maximum atomic E-state index is 12.9. The lowest BCUT2D eigenvalue weighted by molar-refractivity contribution is -0.139. The predicted octanol–water partition coefficient (Wildman–Crippen LogP) is 1.19. The Hall–Kier alpha value is -2.09. The Morgan fingerprint density at radius 1 is 1.21 bits per heavy atom. The molecule has 1 aliphatic heterocycles. The van der Waals surface area contributed by atoms with Gasteiger partial charge < -0.3 is 15.7 Å². The smallest absolute Gasteiger partial charge is 0.378 e. The van der Waals surface area contributed by atoms with Gasteiger partial charge in [0.05, 0.1) is 17.5 Å². The lowest BCUT2D eigenvalue weighted by Gasteiger charge is -2.25. The number of rotatable bonds is 3. The number of β-amino-alcohol motifs (C(OH)–C–C–N with tert-alkyl or cyclic N) is 1. The average molecular weight is 342 g/mol. The minimum Gasteiger partial charge on any atom is -0.378 e. The second-order valence-electron chi connectivity index (χ2n) is 6.53. The molecule has 1 atom stereocenters. The molecular weight excluding hydrogens is 325 g/mol. The van der Waals surface area contributed by atoms with E-state index in [0.717, 1.165) is 12.1 Å². The molecule has 3 rings (SSSR count). The first kappa shape index (κ1) is 16.8. The van der Waals surface area contributed by atoms with Crippen molar-refractivity contribution in [1.82, 2.24) is 4.90 Å². The van der Waals surface area contributed by atoms with Gasteiger partial charge in [-0.25, -0.2) is 0 Å². The fraction of sp³-hybridized carbons (Fsp3) is 0.500. The van der Waals surface area contributed by atoms with Crippen LogP contribution in [0.15, 0.2) is 24.3 Å². The third-order valence-corrected chi connectivity index (χ3v) is 4.90. The summed E-state index contributed by atoms with van der Waals surface area (Å²) in [6.45, 7) is -0.0686. The van der Waals surface area contributed by atoms with Crippen molar-refractivity contribution in [2.24, 2.45) is 5.73 Å². The zero-order valence-electron chi connectivity index (χ0n) is 12.8. The molecular formula is C16H17F3N2O3. The number of likely N-dealkylation sites (tertiary alicyclic amines) is 1. The number of nitrogens with zero attached hydrogens (tertiary/aromatic N) is 1. The molecule has 1 heterocycles. The summed E-state index contributed by atoms with van der Waals surface area (Å²) < 4.78 is 38.7. The van der Waals surface area contributed by atoms with E-state index in [2.05, 4.69) is 0 Å². The number of aliphatic hydroxyl groups is 1. The van der Waals surface area contributed by atoms with Gasteiger partial charge in [-0.1, -0.05) is 18.2 Å². The van der Waals surface area contributed by atoms with Crippen LogP contribution in [0.4, 0.5) is 13.2 Å². The van der Waals surface area contributed by atoms with Gasteiger partial charge in [0.2, 0.25) is 5.91 Å². The maximum absolute atomic E-state index is 12.9. The first-order valence-electron chi connectivity index (χ1n) is 7.58. The van der Waals surface area contributed by atoms with Crippen LogP contribution in [-0.2, 0) is 21.2 Å². The van der Waals surface area contributed by atoms with Crippen molar-refractivity contribution in [1.29, 1.82) is 0 Å². The number of primary amides is 1. The molecule has 1 aromatic carbocycles. The molecule has 130 valence electrons. The molecule has 1 saturated heterocycles. The van der Waals surface area contributed by atoms with Crippen LogP contribution in [-0.4, -0.2) is 40.5 Å². The third kappa shape index (κ3) is 2.64. The van der Waals surface area contributed by atoms with Crippen LogP contribution in [0.2, 0.25) is 0 Å². The summed E-state index contributed by atoms with van der Waals surface area (Å²) in [7, 11) is 0. The summed E-state index contributed by atoms with van der Waals surface area (Å²) in [5.41, 5.74) is 1.91. The van der Waals surface area contributed by atoms with E-state index >= 15 is 0 Å². The van der Waals surface area contributed by atoms with Gasteiger partial charge >= 0.3 is 6.18 Å². The number of carbonyl (C=O) groups excluding carboxylic acids is 2. The molecule has 8 heteroatoms. The van der Waals surface area contributed by atoms with E-state index in [-0.39, 0.29) is 25.4 Å². The van der Waals surface area contributed by atoms with Crippen LogP contribution >= 0.6 is 0 Å². The summed E-state index contributed by atoms with van der Waals surface area (Å²) in [5, 5.41) is 10.1. The standard InChI is InChI=1S/C16H17F3N2O3/c17-16(18,19)11-3-1-2-10(8-11)14(4-5-14)13(23)21-7-6-15(24,9-21)12(20)22/h1-3,8,24H,4-7,9H2,(H2,20,22). The fourth-order valence-corrected chi connectivity index (χ4v) is 3.22. The molecule has 2 amide bonds. The number of alkyl halides is 3. The minimum atomic E-state index is -4.48. The lowest BCUT2D eigenvalue weighted by Crippen LogP contribution is -2.48. The highest BCUT2D eigenvalue weighted by Crippen LogP contribution is 2.51. The van der Waals surface area contributed by atoms with Gasteiger partial charge in [0.1, 0.15) is 0 Å². The first-order chi connectivity index (χ1) is 11.1. The number of benzene rings is 1. The van der Waals surface area contributed by atoms with Crippen LogP contribution in [0, 0.1) is 0 Å². The molecule has 0 radical (unpaired) electrons. The topological polar surface area (TPSA) is 83.6 Å². The van der Waals surface area contributed by atoms with E-state index in [1.54, 1.807) is 0 Å². The number of nitrogens with two attached hydrogens (primary N) is 1. The third-order valence-electron chi connectivity index (χ3n) is 4.90. The van der Waals surface area contributed by atoms with Crippen LogP contribution in [0.25, 0.3) is 0 Å². The number of hydrogen-bond acceptors (Lipinski definition) is 3. The summed E-state index contributed by atoms with van der Waals surface area (Å²) in [5.74, 6) is -1.26. The second-order valence-corrected chi connectivity index (χ2v) is 6.53. The zero-order valence-corrected chi connectivity index (χ0v) is 12.8. The van der Waals surface area contributed by atoms with Crippen molar-refractivity contribution in [3.63, 3.8) is 0 Å². The van der Waals surface area contributed by atoms with Gasteiger partial charge in [-0.3, -0.25) is 9.59 Å². The zero-order chi connectivity index (χ0) is 17.8. The Kier molecular flexibility index (Phi) is 3.63. The van der Waals surface area contributed by atoms with E-state index in [4.69, 9.17) is 5.73 Å². The first-order valence-corrected chi connectivity index (χ1v) is 7.58. The van der Waals surface area contributed by atoms with Crippen molar-refractivity contribution in [3.8, 4) is 0 Å². The van der Waals surface area contributed by atoms with E-state index in [1.807, 2.05) is 0 Å². The van der Waals surface area contributed by atoms with Gasteiger partial charge in [0.15, 0.2) is 5.60 Å². The SMILES string of the molecule is NC(=O)C1(O)CCN(C(=O)C2(c3cccc(C(F)(F)F)c3)CC2)C1. The Labute approximate surface area is 136 Å². The number of carbonyl (C=O) groups is 2. The average Bonchev–Trinajstić information content (AvgIpc) is 3.23. The Balaban J connectivity index is 1.85. The highest BCUT2D eigenvalue weighted by Gasteiger charge is 2.56. The Bertz CT molecular complexity index is 700. The van der Waals surface area contributed by atoms with Gasteiger partial charge in [0.25, 0.3) is 5.91 Å². The highest BCUT2D eigenvalue weighted by atomic mass is 19.4. The van der Waals surface area contributed by atoms with Crippen molar-refractivity contribution >= 4 is 11.8 Å². The highest BCUT2D eigenvalue weighted by molar-refractivity contribution is 5.93. The van der Waals surface area contributed by atoms with E-state index in [0.29, 0.717) is 18.4 Å². The number of amides is 2. The quantitative estimate of drug-likeness (QED) is 0.865. The predicted molar refractivity (Wildman–Crippen MR) is 77.7 cm³/mol. The van der Waals surface area contributed by atoms with Gasteiger partial charge in [-0.15, -0.1) is 0 Å². The largest absolute Gasteiger partial charge is 0.416 e. The minimum absolute atomic E-state index is 0.0345. The van der Waals surface area contributed by atoms with Crippen LogP contribution in [0.3, 0.4) is 0 Å². The van der Waals surface area contributed by atoms with E-state index in [1.165, 1.54) is 17.0 Å². The monoisotopic (exact) mass is 342 g/mol. The number of hydrogen-bond donors (Lipinski definition) is 2. The summed E-state index contributed by atoms with van der Waals surface area (Å²) in [4.78, 5) is 25.4. The van der Waals surface area contributed by atoms with Gasteiger partial charge in [0, 0.05) is 13.0 Å². The van der Waals surface area contributed by atoms with Gasteiger partial charge in [-0.05, 0) is 24.5 Å². The molecule has 5 nitrogen and oxygen atoms in total. The van der Waals surface area contributed by atoms with Crippen molar-refractivity contribution in [3.05, 3.63) is 35.4 Å². The molecule has 24 heavy (non-hydrogen) atoms. The molecule has 1 aliphatic carbocycles. The lowest BCUT2D eigenvalue weighted by atomic mass is 9.92. The fourth-order valence-electron chi connectivity index (χ4n) is 3.22. The molecule has 0 spiro atoms. The molecule has 3 N–H and O–H groups in total. The van der Waals surface area contributed by atoms with E-state index < -0.39 is 28.7 Å². The molecule has 2 fully saturated rings. The summed E-state index contributed by atoms with van der Waals surface area (Å²) in [6.07, 6.45) is -3.56. The normalized spacial score (nSPS) is 25.6. The molecule has 0 aromatic heterocycles. The second kappa shape index (κ2) is 5.20. The maximum Gasteiger partial charge on any atom is 0.416 e. The summed E-state index contributed by atoms with van der Waals surface area (Å²) in [6, 6.07) is 4.76. The molecule has 0 bridgehead atoms. The number of halogens is 3. The molecule has 2 aliphatic rings. The van der Waals surface area contributed by atoms with E-state index in [9.17, 15) is 27.9 Å². The summed E-state index contributed by atoms with van der Waals surface area (Å²) >= 11 is 0. The molecule has 1 unspecified atom stereocenters. The van der Waals surface area contributed by atoms with Crippen molar-refractivity contribution in [2.75, 3.05) is 13.1 Å². The Morgan fingerprint density at radius 2 is 1.88 bits per heavy atom. The van der Waals surface area contributed by atoms with Crippen LogP contribution in [0.5, 0.6) is 0 Å². The van der Waals surface area contributed by atoms with Crippen molar-refractivity contribution in [2.45, 2.75) is 36.5 Å². The van der Waals surface area contributed by atoms with Gasteiger partial charge in [-0.2, -0.15) is 13.2 Å². The molecule has 1 saturated carbocycles. The Morgan fingerprint density at radius 3 is 2.38 bits per heavy atom. The molecule has 1 aromatic rings. The van der Waals surface area contributed by atoms with Crippen LogP contribution < -0.4 is 5.73 Å². The van der Waals surface area contributed by atoms with Crippen LogP contribution in [0.1, 0.15) is 30.4 Å². The van der Waals surface area contributed by atoms with Crippen molar-refractivity contribution < 1.29 is 27.9 Å².